The van der Waals surface area contributed by atoms with Crippen molar-refractivity contribution in [3.05, 3.63) is 71.5 Å². The molecule has 0 aliphatic carbocycles. The Bertz CT molecular complexity index is 1360. The number of hydrazone groups is 1. The fourth-order valence-electron chi connectivity index (χ4n) is 3.03. The number of amides is 2. The van der Waals surface area contributed by atoms with Crippen LogP contribution in [0.2, 0.25) is 0 Å². The van der Waals surface area contributed by atoms with Crippen molar-refractivity contribution in [3.8, 4) is 5.82 Å². The van der Waals surface area contributed by atoms with Gasteiger partial charge in [-0.1, -0.05) is 35.5 Å². The highest BCUT2D eigenvalue weighted by Gasteiger charge is 2.24. The van der Waals surface area contributed by atoms with Crippen LogP contribution in [0.4, 0.5) is 11.5 Å². The van der Waals surface area contributed by atoms with Crippen LogP contribution < -0.4 is 16.5 Å². The Balaban J connectivity index is 1.55. The van der Waals surface area contributed by atoms with E-state index in [0.29, 0.717) is 22.8 Å². The Morgan fingerprint density at radius 2 is 1.83 bits per heavy atom. The SMILES string of the molecule is CC(=O)Nc1ccc(C(C)=NNC(=O)c2nnn(-c3nonc3N)c2CSc2ccccc2)cc1. The van der Waals surface area contributed by atoms with Gasteiger partial charge in [-0.3, -0.25) is 9.59 Å². The molecule has 4 N–H and O–H groups in total. The van der Waals surface area contributed by atoms with Gasteiger partial charge in [0, 0.05) is 23.3 Å². The lowest BCUT2D eigenvalue weighted by molar-refractivity contribution is -0.114. The molecule has 2 heterocycles. The molecular weight excluding hydrogens is 470 g/mol. The minimum atomic E-state index is -0.552. The second kappa shape index (κ2) is 10.6. The molecule has 13 heteroatoms. The molecule has 2 aromatic heterocycles. The van der Waals surface area contributed by atoms with Gasteiger partial charge in [0.15, 0.2) is 5.69 Å². The van der Waals surface area contributed by atoms with E-state index in [4.69, 9.17) is 5.73 Å². The summed E-state index contributed by atoms with van der Waals surface area (Å²) in [6.07, 6.45) is 0. The maximum atomic E-state index is 13.0. The largest absolute Gasteiger partial charge is 0.378 e. The van der Waals surface area contributed by atoms with E-state index in [0.717, 1.165) is 10.5 Å². The van der Waals surface area contributed by atoms with E-state index in [-0.39, 0.29) is 23.2 Å². The van der Waals surface area contributed by atoms with Gasteiger partial charge in [0.05, 0.1) is 11.4 Å². The monoisotopic (exact) mass is 491 g/mol. The number of carbonyl (C=O) groups excluding carboxylic acids is 2. The van der Waals surface area contributed by atoms with Crippen LogP contribution >= 0.6 is 11.8 Å². The first kappa shape index (κ1) is 23.6. The average molecular weight is 492 g/mol. The third-order valence-electron chi connectivity index (χ3n) is 4.74. The van der Waals surface area contributed by atoms with E-state index in [1.807, 2.05) is 30.3 Å². The normalized spacial score (nSPS) is 11.3. The van der Waals surface area contributed by atoms with Crippen LogP contribution in [0.15, 0.2) is 69.2 Å². The molecule has 4 aromatic rings. The van der Waals surface area contributed by atoms with Crippen LogP contribution in [0.5, 0.6) is 0 Å². The second-order valence-electron chi connectivity index (χ2n) is 7.27. The summed E-state index contributed by atoms with van der Waals surface area (Å²) >= 11 is 1.49. The number of rotatable bonds is 8. The summed E-state index contributed by atoms with van der Waals surface area (Å²) < 4.78 is 6.01. The van der Waals surface area contributed by atoms with Crippen molar-refractivity contribution >= 4 is 40.8 Å². The standard InChI is InChI=1S/C22H21N9O3S/c1-13(15-8-10-16(11-9-15)24-14(2)32)25-27-22(33)19-18(12-35-17-6-4-3-5-7-17)31(30-26-19)21-20(23)28-34-29-21/h3-11H,12H2,1-2H3,(H2,23,28)(H,24,32)(H,27,33). The van der Waals surface area contributed by atoms with Crippen LogP contribution in [0.25, 0.3) is 5.82 Å². The number of nitrogens with zero attached hydrogens (tertiary/aromatic N) is 6. The van der Waals surface area contributed by atoms with Gasteiger partial charge >= 0.3 is 0 Å². The van der Waals surface area contributed by atoms with Crippen LogP contribution in [0.1, 0.15) is 35.6 Å². The van der Waals surface area contributed by atoms with Crippen molar-refractivity contribution in [1.82, 2.24) is 30.7 Å². The summed E-state index contributed by atoms with van der Waals surface area (Å²) in [5, 5.41) is 22.3. The minimum absolute atomic E-state index is 0.0180. The van der Waals surface area contributed by atoms with Crippen molar-refractivity contribution < 1.29 is 14.2 Å². The zero-order valence-electron chi connectivity index (χ0n) is 18.8. The summed E-state index contributed by atoms with van der Waals surface area (Å²) in [6.45, 7) is 3.19. The molecule has 0 bridgehead atoms. The Hall–Kier alpha value is -4.52. The number of thioether (sulfide) groups is 1. The number of hydrogen-bond donors (Lipinski definition) is 3. The van der Waals surface area contributed by atoms with Crippen molar-refractivity contribution in [2.45, 2.75) is 24.5 Å². The predicted molar refractivity (Wildman–Crippen MR) is 130 cm³/mol. The summed E-state index contributed by atoms with van der Waals surface area (Å²) in [5.41, 5.74) is 10.9. The molecule has 12 nitrogen and oxygen atoms in total. The Kier molecular flexibility index (Phi) is 7.16. The molecule has 0 fully saturated rings. The molecule has 0 aliphatic heterocycles. The first-order valence-corrected chi connectivity index (χ1v) is 11.3. The minimum Gasteiger partial charge on any atom is -0.378 e. The van der Waals surface area contributed by atoms with Gasteiger partial charge in [0.2, 0.25) is 17.5 Å². The molecule has 0 saturated heterocycles. The fourth-order valence-corrected chi connectivity index (χ4v) is 3.95. The number of aromatic nitrogens is 5. The first-order chi connectivity index (χ1) is 16.9. The average Bonchev–Trinajstić information content (AvgIpc) is 3.47. The highest BCUT2D eigenvalue weighted by Crippen LogP contribution is 2.25. The lowest BCUT2D eigenvalue weighted by Gasteiger charge is -2.07. The van der Waals surface area contributed by atoms with Crippen LogP contribution in [0.3, 0.4) is 0 Å². The van der Waals surface area contributed by atoms with Gasteiger partial charge < -0.3 is 11.1 Å². The highest BCUT2D eigenvalue weighted by molar-refractivity contribution is 7.98. The van der Waals surface area contributed by atoms with E-state index in [1.165, 1.54) is 23.4 Å². The van der Waals surface area contributed by atoms with E-state index in [1.54, 1.807) is 31.2 Å². The van der Waals surface area contributed by atoms with Crippen LogP contribution in [0, 0.1) is 0 Å². The van der Waals surface area contributed by atoms with E-state index < -0.39 is 5.91 Å². The van der Waals surface area contributed by atoms with Crippen LogP contribution in [-0.2, 0) is 10.5 Å². The van der Waals surface area contributed by atoms with Gasteiger partial charge in [-0.15, -0.1) is 16.9 Å². The van der Waals surface area contributed by atoms with Gasteiger partial charge in [0.25, 0.3) is 5.91 Å². The molecule has 0 atom stereocenters. The topological polar surface area (TPSA) is 166 Å². The number of hydrogen-bond acceptors (Lipinski definition) is 10. The molecule has 0 radical (unpaired) electrons. The second-order valence-corrected chi connectivity index (χ2v) is 8.32. The quantitative estimate of drug-likeness (QED) is 0.191. The molecule has 0 saturated carbocycles. The summed E-state index contributed by atoms with van der Waals surface area (Å²) in [7, 11) is 0. The van der Waals surface area contributed by atoms with E-state index >= 15 is 0 Å². The highest BCUT2D eigenvalue weighted by atomic mass is 32.2. The van der Waals surface area contributed by atoms with Crippen molar-refractivity contribution in [1.29, 1.82) is 0 Å². The number of nitrogens with two attached hydrogens (primary N) is 1. The van der Waals surface area contributed by atoms with E-state index in [2.05, 4.69) is 41.1 Å². The number of anilines is 2. The van der Waals surface area contributed by atoms with Crippen molar-refractivity contribution in [2.24, 2.45) is 5.10 Å². The van der Waals surface area contributed by atoms with Gasteiger partial charge in [-0.2, -0.15) is 9.78 Å². The molecular formula is C22H21N9O3S. The Morgan fingerprint density at radius 1 is 1.09 bits per heavy atom. The third-order valence-corrected chi connectivity index (χ3v) is 5.76. The van der Waals surface area contributed by atoms with Gasteiger partial charge in [-0.25, -0.2) is 10.1 Å². The Morgan fingerprint density at radius 3 is 2.49 bits per heavy atom. The predicted octanol–water partition coefficient (Wildman–Crippen LogP) is 2.64. The van der Waals surface area contributed by atoms with Crippen molar-refractivity contribution in [2.75, 3.05) is 11.1 Å². The summed E-state index contributed by atoms with van der Waals surface area (Å²) in [4.78, 5) is 25.1. The molecule has 4 rings (SSSR count). The van der Waals surface area contributed by atoms with Crippen molar-refractivity contribution in [3.63, 3.8) is 0 Å². The lowest BCUT2D eigenvalue weighted by Crippen LogP contribution is -2.21. The molecule has 35 heavy (non-hydrogen) atoms. The smallest absolute Gasteiger partial charge is 0.293 e. The van der Waals surface area contributed by atoms with Gasteiger partial charge in [0.1, 0.15) is 0 Å². The molecule has 178 valence electrons. The zero-order valence-corrected chi connectivity index (χ0v) is 19.6. The molecule has 2 amide bonds. The number of nitrogens with one attached hydrogen (secondary N) is 2. The molecule has 0 aliphatic rings. The maximum absolute atomic E-state index is 13.0. The summed E-state index contributed by atoms with van der Waals surface area (Å²) in [5.74, 6) is -0.208. The third kappa shape index (κ3) is 5.70. The number of carbonyl (C=O) groups is 2. The number of benzene rings is 2. The maximum Gasteiger partial charge on any atom is 0.293 e. The van der Waals surface area contributed by atoms with E-state index in [9.17, 15) is 9.59 Å². The Labute approximate surface area is 203 Å². The molecule has 2 aromatic carbocycles. The first-order valence-electron chi connectivity index (χ1n) is 10.4. The number of nitrogen functional groups attached to an aromatic ring is 1. The van der Waals surface area contributed by atoms with Crippen LogP contribution in [-0.4, -0.2) is 42.8 Å². The zero-order chi connectivity index (χ0) is 24.8. The fraction of sp³-hybridized carbons (Fsp3) is 0.136. The van der Waals surface area contributed by atoms with Gasteiger partial charge in [-0.05, 0) is 47.1 Å². The summed E-state index contributed by atoms with van der Waals surface area (Å²) in [6, 6.07) is 16.7. The molecule has 0 spiro atoms. The molecule has 0 unspecified atom stereocenters. The lowest BCUT2D eigenvalue weighted by atomic mass is 10.1.